The van der Waals surface area contributed by atoms with Gasteiger partial charge in [-0.15, -0.1) is 0 Å². The molecule has 0 fully saturated rings. The molecule has 0 unspecified atom stereocenters. The molecule has 8 heteroatoms. The largest absolute Gasteiger partial charge is 0.492 e. The van der Waals surface area contributed by atoms with E-state index in [0.29, 0.717) is 10.2 Å². The van der Waals surface area contributed by atoms with Gasteiger partial charge in [0.2, 0.25) is 5.88 Å². The SMILES string of the molecule is O=c1[nH]c(-c2ncc(Br)cc2Br)nc(O)c1I. The Bertz CT molecular complexity index is 645. The van der Waals surface area contributed by atoms with Crippen LogP contribution in [0.3, 0.4) is 0 Å². The molecule has 0 aliphatic rings. The number of aromatic amines is 1. The minimum Gasteiger partial charge on any atom is -0.492 e. The van der Waals surface area contributed by atoms with Crippen LogP contribution in [0, 0.1) is 3.57 Å². The first-order valence-electron chi connectivity index (χ1n) is 4.29. The molecule has 2 N–H and O–H groups in total. The zero-order chi connectivity index (χ0) is 12.6. The minimum absolute atomic E-state index is 0.152. The molecule has 2 aromatic rings. The number of nitrogens with one attached hydrogen (secondary N) is 1. The first-order valence-corrected chi connectivity index (χ1v) is 6.95. The van der Waals surface area contributed by atoms with E-state index in [1.807, 2.05) is 0 Å². The predicted octanol–water partition coefficient (Wildman–Crippen LogP) is 2.67. The lowest BCUT2D eigenvalue weighted by atomic mass is 10.3. The molecule has 0 radical (unpaired) electrons. The van der Waals surface area contributed by atoms with Crippen LogP contribution < -0.4 is 5.56 Å². The van der Waals surface area contributed by atoms with Crippen LogP contribution in [0.5, 0.6) is 5.88 Å². The lowest BCUT2D eigenvalue weighted by Gasteiger charge is -2.04. The maximum absolute atomic E-state index is 11.5. The molecule has 88 valence electrons. The molecule has 0 aliphatic carbocycles. The van der Waals surface area contributed by atoms with Gasteiger partial charge in [-0.1, -0.05) is 0 Å². The maximum Gasteiger partial charge on any atom is 0.268 e. The molecular weight excluding hydrogens is 469 g/mol. The fraction of sp³-hybridized carbons (Fsp3) is 0. The van der Waals surface area contributed by atoms with E-state index in [2.05, 4.69) is 46.8 Å². The maximum atomic E-state index is 11.5. The second kappa shape index (κ2) is 5.02. The van der Waals surface area contributed by atoms with Gasteiger partial charge in [0, 0.05) is 15.1 Å². The molecule has 0 aromatic carbocycles. The third-order valence-electron chi connectivity index (χ3n) is 1.88. The molecule has 5 nitrogen and oxygen atoms in total. The van der Waals surface area contributed by atoms with Crippen LogP contribution in [-0.2, 0) is 0 Å². The highest BCUT2D eigenvalue weighted by molar-refractivity contribution is 14.1. The number of aromatic hydroxyl groups is 1. The lowest BCUT2D eigenvalue weighted by Crippen LogP contribution is -2.12. The van der Waals surface area contributed by atoms with Crippen LogP contribution >= 0.6 is 54.5 Å². The van der Waals surface area contributed by atoms with Crippen LogP contribution in [0.1, 0.15) is 0 Å². The number of halogens is 3. The monoisotopic (exact) mass is 471 g/mol. The van der Waals surface area contributed by atoms with Crippen LogP contribution in [-0.4, -0.2) is 20.1 Å². The van der Waals surface area contributed by atoms with Crippen LogP contribution in [0.15, 0.2) is 26.0 Å². The molecule has 0 saturated heterocycles. The van der Waals surface area contributed by atoms with Gasteiger partial charge in [0.25, 0.3) is 5.56 Å². The number of nitrogens with zero attached hydrogens (tertiary/aromatic N) is 2. The fourth-order valence-electron chi connectivity index (χ4n) is 1.15. The number of pyridine rings is 1. The summed E-state index contributed by atoms with van der Waals surface area (Å²) in [5.41, 5.74) is 0.0571. The normalized spacial score (nSPS) is 10.5. The summed E-state index contributed by atoms with van der Waals surface area (Å²) in [5, 5.41) is 9.50. The Hall–Kier alpha value is -0.480. The van der Waals surface area contributed by atoms with Gasteiger partial charge in [0.15, 0.2) is 5.82 Å². The average Bonchev–Trinajstić information content (AvgIpc) is 2.25. The number of hydrogen-bond acceptors (Lipinski definition) is 4. The molecule has 2 aromatic heterocycles. The van der Waals surface area contributed by atoms with Crippen LogP contribution in [0.2, 0.25) is 0 Å². The fourth-order valence-corrected chi connectivity index (χ4v) is 2.58. The van der Waals surface area contributed by atoms with E-state index in [0.717, 1.165) is 4.47 Å². The van der Waals surface area contributed by atoms with Crippen molar-refractivity contribution >= 4 is 54.5 Å². The minimum atomic E-state index is -0.398. The highest BCUT2D eigenvalue weighted by atomic mass is 127. The Morgan fingerprint density at radius 1 is 1.41 bits per heavy atom. The smallest absolute Gasteiger partial charge is 0.268 e. The van der Waals surface area contributed by atoms with Crippen molar-refractivity contribution in [3.63, 3.8) is 0 Å². The summed E-state index contributed by atoms with van der Waals surface area (Å²) in [4.78, 5) is 22.0. The number of hydrogen-bond donors (Lipinski definition) is 2. The molecule has 0 bridgehead atoms. The molecule has 0 spiro atoms. The van der Waals surface area contributed by atoms with E-state index in [4.69, 9.17) is 0 Å². The zero-order valence-corrected chi connectivity index (χ0v) is 13.4. The first kappa shape index (κ1) is 13.0. The van der Waals surface area contributed by atoms with Gasteiger partial charge in [0.1, 0.15) is 9.26 Å². The van der Waals surface area contributed by atoms with Gasteiger partial charge >= 0.3 is 0 Å². The number of rotatable bonds is 1. The van der Waals surface area contributed by atoms with E-state index in [9.17, 15) is 9.90 Å². The summed E-state index contributed by atoms with van der Waals surface area (Å²) in [7, 11) is 0. The van der Waals surface area contributed by atoms with Crippen molar-refractivity contribution < 1.29 is 5.11 Å². The van der Waals surface area contributed by atoms with Crippen molar-refractivity contribution in [1.82, 2.24) is 15.0 Å². The van der Waals surface area contributed by atoms with Crippen LogP contribution in [0.4, 0.5) is 0 Å². The highest BCUT2D eigenvalue weighted by Crippen LogP contribution is 2.26. The summed E-state index contributed by atoms with van der Waals surface area (Å²) >= 11 is 8.31. The molecule has 2 rings (SSSR count). The molecule has 0 atom stereocenters. The van der Waals surface area contributed by atoms with Gasteiger partial charge in [-0.05, 0) is 60.5 Å². The second-order valence-corrected chi connectivity index (χ2v) is 5.88. The van der Waals surface area contributed by atoms with Crippen molar-refractivity contribution in [2.45, 2.75) is 0 Å². The van der Waals surface area contributed by atoms with Gasteiger partial charge in [-0.2, -0.15) is 4.98 Å². The topological polar surface area (TPSA) is 78.9 Å². The van der Waals surface area contributed by atoms with Gasteiger partial charge < -0.3 is 10.1 Å². The Labute approximate surface area is 126 Å². The van der Waals surface area contributed by atoms with E-state index in [1.54, 1.807) is 34.9 Å². The Kier molecular flexibility index (Phi) is 3.83. The van der Waals surface area contributed by atoms with Gasteiger partial charge in [-0.25, -0.2) is 0 Å². The Morgan fingerprint density at radius 3 is 2.71 bits per heavy atom. The predicted molar refractivity (Wildman–Crippen MR) is 77.9 cm³/mol. The van der Waals surface area contributed by atoms with Gasteiger partial charge in [0.05, 0.1) is 0 Å². The van der Waals surface area contributed by atoms with E-state index < -0.39 is 5.56 Å². The lowest BCUT2D eigenvalue weighted by molar-refractivity contribution is 0.447. The summed E-state index contributed by atoms with van der Waals surface area (Å²) in [5.74, 6) is -0.0896. The Morgan fingerprint density at radius 2 is 2.12 bits per heavy atom. The molecule has 0 amide bonds. The van der Waals surface area contributed by atoms with Crippen molar-refractivity contribution in [3.8, 4) is 17.4 Å². The molecule has 0 saturated carbocycles. The quantitative estimate of drug-likeness (QED) is 0.626. The number of aromatic nitrogens is 3. The van der Waals surface area contributed by atoms with Crippen molar-refractivity contribution in [3.05, 3.63) is 35.1 Å². The van der Waals surface area contributed by atoms with Gasteiger partial charge in [-0.3, -0.25) is 9.78 Å². The first-order chi connectivity index (χ1) is 7.99. The van der Waals surface area contributed by atoms with Crippen molar-refractivity contribution in [1.29, 1.82) is 0 Å². The number of H-pyrrole nitrogens is 1. The molecule has 0 aliphatic heterocycles. The standard InChI is InChI=1S/C9H4Br2IN3O2/c10-3-1-4(11)6(13-2-3)7-14-8(16)5(12)9(17)15-7/h1-2H,(H2,14,15,16,17). The van der Waals surface area contributed by atoms with E-state index in [-0.39, 0.29) is 15.3 Å². The molecular formula is C9H4Br2IN3O2. The average molecular weight is 473 g/mol. The third kappa shape index (κ3) is 2.68. The highest BCUT2D eigenvalue weighted by Gasteiger charge is 2.12. The van der Waals surface area contributed by atoms with E-state index >= 15 is 0 Å². The second-order valence-electron chi connectivity index (χ2n) is 3.04. The van der Waals surface area contributed by atoms with Crippen molar-refractivity contribution in [2.75, 3.05) is 0 Å². The Balaban J connectivity index is 2.65. The van der Waals surface area contributed by atoms with E-state index in [1.165, 1.54) is 0 Å². The summed E-state index contributed by atoms with van der Waals surface area (Å²) in [6.45, 7) is 0. The van der Waals surface area contributed by atoms with Crippen molar-refractivity contribution in [2.24, 2.45) is 0 Å². The zero-order valence-electron chi connectivity index (χ0n) is 8.04. The van der Waals surface area contributed by atoms with Crippen LogP contribution in [0.25, 0.3) is 11.5 Å². The molecule has 2 heterocycles. The summed E-state index contributed by atoms with van der Waals surface area (Å²) < 4.78 is 1.61. The molecule has 17 heavy (non-hydrogen) atoms. The summed E-state index contributed by atoms with van der Waals surface area (Å²) in [6, 6.07) is 1.78. The summed E-state index contributed by atoms with van der Waals surface area (Å²) in [6.07, 6.45) is 1.58. The third-order valence-corrected chi connectivity index (χ3v) is 3.89.